The Labute approximate surface area is 126 Å². The molecule has 2 aromatic rings. The Bertz CT molecular complexity index is 697. The smallest absolute Gasteiger partial charge is 0.327 e. The van der Waals surface area contributed by atoms with E-state index in [1.165, 1.54) is 16.7 Å². The van der Waals surface area contributed by atoms with E-state index >= 15 is 0 Å². The molecule has 3 rings (SSSR count). The fourth-order valence-electron chi connectivity index (χ4n) is 2.75. The minimum atomic E-state index is -0.937. The molecule has 110 valence electrons. The normalized spacial score (nSPS) is 21.9. The van der Waals surface area contributed by atoms with Crippen LogP contribution in [0.5, 0.6) is 0 Å². The lowest BCUT2D eigenvalue weighted by molar-refractivity contribution is -0.141. The van der Waals surface area contributed by atoms with Gasteiger partial charge < -0.3 is 15.0 Å². The first-order valence-electron chi connectivity index (χ1n) is 6.86. The highest BCUT2D eigenvalue weighted by Gasteiger charge is 2.41. The van der Waals surface area contributed by atoms with Crippen molar-refractivity contribution in [1.29, 1.82) is 0 Å². The van der Waals surface area contributed by atoms with Crippen molar-refractivity contribution in [2.75, 3.05) is 5.75 Å². The lowest BCUT2D eigenvalue weighted by atomic mass is 10.1. The predicted molar refractivity (Wildman–Crippen MR) is 82.4 cm³/mol. The molecule has 1 aromatic heterocycles. The topological polar surface area (TPSA) is 73.4 Å². The van der Waals surface area contributed by atoms with E-state index in [1.807, 2.05) is 25.1 Å². The first-order chi connectivity index (χ1) is 10.1. The second kappa shape index (κ2) is 5.44. The van der Waals surface area contributed by atoms with Crippen molar-refractivity contribution in [3.8, 4) is 0 Å². The molecule has 2 atom stereocenters. The largest absolute Gasteiger partial charge is 0.480 e. The van der Waals surface area contributed by atoms with E-state index in [9.17, 15) is 14.7 Å². The number of hydrogen-bond donors (Lipinski definition) is 2. The van der Waals surface area contributed by atoms with Gasteiger partial charge in [-0.3, -0.25) is 4.79 Å². The van der Waals surface area contributed by atoms with E-state index in [0.29, 0.717) is 11.3 Å². The highest BCUT2D eigenvalue weighted by molar-refractivity contribution is 8.00. The van der Waals surface area contributed by atoms with Crippen LogP contribution in [-0.4, -0.2) is 44.0 Å². The van der Waals surface area contributed by atoms with Crippen LogP contribution in [0.15, 0.2) is 30.5 Å². The molecule has 1 fully saturated rings. The van der Waals surface area contributed by atoms with E-state index in [-0.39, 0.29) is 11.3 Å². The highest BCUT2D eigenvalue weighted by Crippen LogP contribution is 2.33. The van der Waals surface area contributed by atoms with Gasteiger partial charge in [-0.25, -0.2) is 4.79 Å². The van der Waals surface area contributed by atoms with Gasteiger partial charge >= 0.3 is 5.97 Å². The Morgan fingerprint density at radius 1 is 1.43 bits per heavy atom. The Hall–Kier alpha value is -1.95. The molecule has 0 saturated carbocycles. The zero-order chi connectivity index (χ0) is 15.0. The number of carboxylic acid groups (broad SMARTS) is 1. The molecule has 5 nitrogen and oxygen atoms in total. The van der Waals surface area contributed by atoms with Crippen LogP contribution in [0.4, 0.5) is 0 Å². The lowest BCUT2D eigenvalue weighted by Crippen LogP contribution is -2.45. The standard InChI is InChI=1S/C15H16N2O3S/c1-2-13-17(12(8-21-13)15(19)20)14(18)10-4-3-5-11-9(10)6-7-16-11/h3-7,12-13,16H,2,8H2,1H3,(H,19,20). The molecule has 0 spiro atoms. The van der Waals surface area contributed by atoms with Gasteiger partial charge in [0.1, 0.15) is 6.04 Å². The van der Waals surface area contributed by atoms with Crippen LogP contribution >= 0.6 is 11.8 Å². The molecule has 0 aliphatic carbocycles. The molecule has 2 N–H and O–H groups in total. The van der Waals surface area contributed by atoms with E-state index in [1.54, 1.807) is 12.3 Å². The van der Waals surface area contributed by atoms with Crippen molar-refractivity contribution in [3.05, 3.63) is 36.0 Å². The third-order valence-electron chi connectivity index (χ3n) is 3.79. The number of aromatic amines is 1. The maximum absolute atomic E-state index is 12.9. The summed E-state index contributed by atoms with van der Waals surface area (Å²) in [5.74, 6) is -0.694. The predicted octanol–water partition coefficient (Wildman–Crippen LogP) is 2.55. The summed E-state index contributed by atoms with van der Waals surface area (Å²) in [6, 6.07) is 6.57. The number of hydrogen-bond acceptors (Lipinski definition) is 3. The summed E-state index contributed by atoms with van der Waals surface area (Å²) in [6.45, 7) is 1.97. The SMILES string of the molecule is CCC1SCC(C(=O)O)N1C(=O)c1cccc2[nH]ccc12. The van der Waals surface area contributed by atoms with Gasteiger partial charge in [0.25, 0.3) is 5.91 Å². The molecule has 1 amide bonds. The van der Waals surface area contributed by atoms with Crippen LogP contribution in [0.2, 0.25) is 0 Å². The summed E-state index contributed by atoms with van der Waals surface area (Å²) in [4.78, 5) is 28.9. The molecule has 2 heterocycles. The van der Waals surface area contributed by atoms with E-state index in [4.69, 9.17) is 0 Å². The van der Waals surface area contributed by atoms with Crippen molar-refractivity contribution in [3.63, 3.8) is 0 Å². The Morgan fingerprint density at radius 3 is 2.95 bits per heavy atom. The van der Waals surface area contributed by atoms with Crippen LogP contribution < -0.4 is 0 Å². The van der Waals surface area contributed by atoms with Gasteiger partial charge in [0.2, 0.25) is 0 Å². The van der Waals surface area contributed by atoms with Crippen molar-refractivity contribution in [2.24, 2.45) is 0 Å². The summed E-state index contributed by atoms with van der Waals surface area (Å²) >= 11 is 1.53. The number of amides is 1. The number of carbonyl (C=O) groups is 2. The van der Waals surface area contributed by atoms with Crippen LogP contribution in [-0.2, 0) is 4.79 Å². The number of aliphatic carboxylic acids is 1. The average Bonchev–Trinajstić information content (AvgIpc) is 3.11. The minimum absolute atomic E-state index is 0.0761. The second-order valence-electron chi connectivity index (χ2n) is 5.01. The number of benzene rings is 1. The number of carboxylic acids is 1. The number of fused-ring (bicyclic) bond motifs is 1. The summed E-state index contributed by atoms with van der Waals surface area (Å²) in [6.07, 6.45) is 2.52. The fraction of sp³-hybridized carbons (Fsp3) is 0.333. The lowest BCUT2D eigenvalue weighted by Gasteiger charge is -2.27. The Morgan fingerprint density at radius 2 is 2.24 bits per heavy atom. The Kier molecular flexibility index (Phi) is 3.63. The van der Waals surface area contributed by atoms with E-state index in [2.05, 4.69) is 4.98 Å². The van der Waals surface area contributed by atoms with Crippen LogP contribution in [0.25, 0.3) is 10.9 Å². The van der Waals surface area contributed by atoms with Crippen molar-refractivity contribution < 1.29 is 14.7 Å². The number of H-pyrrole nitrogens is 1. The molecule has 21 heavy (non-hydrogen) atoms. The fourth-order valence-corrected chi connectivity index (χ4v) is 4.10. The molecule has 6 heteroatoms. The van der Waals surface area contributed by atoms with E-state index < -0.39 is 12.0 Å². The molecule has 2 unspecified atom stereocenters. The number of aromatic nitrogens is 1. The highest BCUT2D eigenvalue weighted by atomic mass is 32.2. The molecule has 0 radical (unpaired) electrons. The molecule has 1 saturated heterocycles. The third kappa shape index (κ3) is 2.29. The molecule has 1 aliphatic rings. The van der Waals surface area contributed by atoms with Gasteiger partial charge in [-0.15, -0.1) is 11.8 Å². The van der Waals surface area contributed by atoms with Crippen LogP contribution in [0.3, 0.4) is 0 Å². The van der Waals surface area contributed by atoms with Crippen molar-refractivity contribution in [1.82, 2.24) is 9.88 Å². The minimum Gasteiger partial charge on any atom is -0.480 e. The molecule has 1 aromatic carbocycles. The zero-order valence-corrected chi connectivity index (χ0v) is 12.4. The number of carbonyl (C=O) groups excluding carboxylic acids is 1. The summed E-state index contributed by atoms with van der Waals surface area (Å²) < 4.78 is 0. The maximum Gasteiger partial charge on any atom is 0.327 e. The first-order valence-corrected chi connectivity index (χ1v) is 7.91. The van der Waals surface area contributed by atoms with Gasteiger partial charge in [0.05, 0.1) is 5.37 Å². The van der Waals surface area contributed by atoms with Crippen molar-refractivity contribution in [2.45, 2.75) is 24.8 Å². The third-order valence-corrected chi connectivity index (χ3v) is 5.24. The van der Waals surface area contributed by atoms with E-state index in [0.717, 1.165) is 17.3 Å². The number of rotatable bonds is 3. The summed E-state index contributed by atoms with van der Waals surface area (Å²) in [5.41, 5.74) is 1.44. The summed E-state index contributed by atoms with van der Waals surface area (Å²) in [5, 5.41) is 10.1. The van der Waals surface area contributed by atoms with Gasteiger partial charge in [-0.2, -0.15) is 0 Å². The second-order valence-corrected chi connectivity index (χ2v) is 6.22. The van der Waals surface area contributed by atoms with Gasteiger partial charge in [-0.1, -0.05) is 13.0 Å². The molecule has 0 bridgehead atoms. The average molecular weight is 304 g/mol. The number of nitrogens with one attached hydrogen (secondary N) is 1. The number of thioether (sulfide) groups is 1. The summed E-state index contributed by atoms with van der Waals surface area (Å²) in [7, 11) is 0. The molecular weight excluding hydrogens is 288 g/mol. The van der Waals surface area contributed by atoms with Gasteiger partial charge in [0.15, 0.2) is 0 Å². The Balaban J connectivity index is 2.03. The monoisotopic (exact) mass is 304 g/mol. The van der Waals surface area contributed by atoms with Crippen molar-refractivity contribution >= 4 is 34.5 Å². The number of nitrogens with zero attached hydrogens (tertiary/aromatic N) is 1. The van der Waals surface area contributed by atoms with Gasteiger partial charge in [0, 0.05) is 28.4 Å². The van der Waals surface area contributed by atoms with Gasteiger partial charge in [-0.05, 0) is 24.6 Å². The first kappa shape index (κ1) is 14.0. The quantitative estimate of drug-likeness (QED) is 0.914. The zero-order valence-electron chi connectivity index (χ0n) is 11.6. The van der Waals surface area contributed by atoms with Crippen LogP contribution in [0, 0.1) is 0 Å². The van der Waals surface area contributed by atoms with Crippen LogP contribution in [0.1, 0.15) is 23.7 Å². The molecule has 1 aliphatic heterocycles. The molecular formula is C15H16N2O3S. The maximum atomic E-state index is 12.9.